The van der Waals surface area contributed by atoms with Crippen LogP contribution in [0.1, 0.15) is 43.4 Å². The number of aliphatic hydroxyl groups is 1. The summed E-state index contributed by atoms with van der Waals surface area (Å²) < 4.78 is 11.1. The zero-order valence-corrected chi connectivity index (χ0v) is 19.6. The molecule has 0 aromatic heterocycles. The molecular formula is C26H32N2O5. The van der Waals surface area contributed by atoms with E-state index in [4.69, 9.17) is 9.47 Å². The number of rotatable bonds is 10. The zero-order chi connectivity index (χ0) is 24.2. The summed E-state index contributed by atoms with van der Waals surface area (Å²) in [6, 6.07) is 12.6. The number of benzene rings is 2. The van der Waals surface area contributed by atoms with Gasteiger partial charge in [-0.25, -0.2) is 4.79 Å². The molecule has 1 heterocycles. The number of amides is 3. The first-order chi connectivity index (χ1) is 15.7. The number of urea groups is 1. The summed E-state index contributed by atoms with van der Waals surface area (Å²) in [7, 11) is 1.54. The van der Waals surface area contributed by atoms with Crippen LogP contribution in [0.3, 0.4) is 0 Å². The van der Waals surface area contributed by atoms with Crippen molar-refractivity contribution in [1.29, 1.82) is 0 Å². The molecule has 7 heteroatoms. The molecule has 2 aromatic rings. The highest BCUT2D eigenvalue weighted by atomic mass is 16.5. The molecule has 1 aliphatic heterocycles. The second-order valence-corrected chi connectivity index (χ2v) is 8.69. The maximum Gasteiger partial charge on any atom is 0.325 e. The van der Waals surface area contributed by atoms with Crippen molar-refractivity contribution >= 4 is 11.9 Å². The van der Waals surface area contributed by atoms with Gasteiger partial charge in [-0.15, -0.1) is 6.58 Å². The first-order valence-corrected chi connectivity index (χ1v) is 11.0. The molecule has 3 amide bonds. The van der Waals surface area contributed by atoms with Crippen molar-refractivity contribution in [2.75, 3.05) is 20.3 Å². The lowest BCUT2D eigenvalue weighted by Gasteiger charge is -2.23. The first kappa shape index (κ1) is 24.3. The number of methoxy groups -OCH3 is 1. The number of carbonyl (C=O) groups excluding carboxylic acids is 2. The number of allylic oxidation sites excluding steroid dienone is 1. The van der Waals surface area contributed by atoms with Gasteiger partial charge >= 0.3 is 6.03 Å². The van der Waals surface area contributed by atoms with Crippen molar-refractivity contribution in [2.24, 2.45) is 0 Å². The molecule has 0 radical (unpaired) electrons. The van der Waals surface area contributed by atoms with Gasteiger partial charge in [0.05, 0.1) is 13.7 Å². The fraction of sp³-hybridized carbons (Fsp3) is 0.385. The molecule has 0 saturated carbocycles. The largest absolute Gasteiger partial charge is 0.493 e. The van der Waals surface area contributed by atoms with Gasteiger partial charge in [-0.2, -0.15) is 0 Å². The van der Waals surface area contributed by atoms with E-state index in [1.807, 2.05) is 36.4 Å². The van der Waals surface area contributed by atoms with Crippen molar-refractivity contribution in [1.82, 2.24) is 10.2 Å². The minimum absolute atomic E-state index is 0.103. The Kier molecular flexibility index (Phi) is 7.43. The van der Waals surface area contributed by atoms with Crippen LogP contribution < -0.4 is 14.8 Å². The van der Waals surface area contributed by atoms with Crippen LogP contribution in [0.25, 0.3) is 0 Å². The predicted octanol–water partition coefficient (Wildman–Crippen LogP) is 3.75. The lowest BCUT2D eigenvalue weighted by atomic mass is 9.90. The van der Waals surface area contributed by atoms with E-state index in [0.29, 0.717) is 29.4 Å². The van der Waals surface area contributed by atoms with E-state index in [2.05, 4.69) is 25.7 Å². The van der Waals surface area contributed by atoms with E-state index in [1.165, 1.54) is 7.11 Å². The number of imide groups is 1. The highest BCUT2D eigenvalue weighted by Crippen LogP contribution is 2.31. The van der Waals surface area contributed by atoms with Crippen LogP contribution >= 0.6 is 0 Å². The number of β-amino-alcohol motifs (C(OH)–C–C–N with tert-alkyl or cyclic N) is 1. The average molecular weight is 453 g/mol. The quantitative estimate of drug-likeness (QED) is 0.423. The summed E-state index contributed by atoms with van der Waals surface area (Å²) in [5.41, 5.74) is 1.69. The average Bonchev–Trinajstić information content (AvgIpc) is 3.02. The van der Waals surface area contributed by atoms with Crippen LogP contribution in [0.2, 0.25) is 0 Å². The Morgan fingerprint density at radius 1 is 1.15 bits per heavy atom. The van der Waals surface area contributed by atoms with Crippen molar-refractivity contribution in [3.05, 3.63) is 71.8 Å². The van der Waals surface area contributed by atoms with Crippen molar-refractivity contribution in [2.45, 2.75) is 44.8 Å². The fourth-order valence-corrected chi connectivity index (χ4v) is 3.83. The molecule has 1 aliphatic rings. The van der Waals surface area contributed by atoms with Gasteiger partial charge in [-0.1, -0.05) is 50.3 Å². The van der Waals surface area contributed by atoms with E-state index >= 15 is 0 Å². The Morgan fingerprint density at radius 3 is 2.45 bits per heavy atom. The third-order valence-electron chi connectivity index (χ3n) is 5.86. The Labute approximate surface area is 195 Å². The van der Waals surface area contributed by atoms with Gasteiger partial charge in [0.2, 0.25) is 0 Å². The molecule has 0 aliphatic carbocycles. The molecule has 1 fully saturated rings. The van der Waals surface area contributed by atoms with E-state index < -0.39 is 23.6 Å². The Balaban J connectivity index is 1.65. The lowest BCUT2D eigenvalue weighted by Crippen LogP contribution is -2.42. The smallest absolute Gasteiger partial charge is 0.325 e. The Hall–Kier alpha value is -3.32. The minimum atomic E-state index is -1.18. The summed E-state index contributed by atoms with van der Waals surface area (Å²) >= 11 is 0. The van der Waals surface area contributed by atoms with Crippen LogP contribution in [0.4, 0.5) is 4.79 Å². The number of hydrogen-bond donors (Lipinski definition) is 2. The van der Waals surface area contributed by atoms with E-state index in [9.17, 15) is 14.7 Å². The normalized spacial score (nSPS) is 18.9. The molecule has 176 valence electrons. The van der Waals surface area contributed by atoms with Crippen molar-refractivity contribution < 1.29 is 24.2 Å². The monoisotopic (exact) mass is 452 g/mol. The van der Waals surface area contributed by atoms with Crippen LogP contribution in [0.5, 0.6) is 11.5 Å². The Bertz CT molecular complexity index is 1020. The van der Waals surface area contributed by atoms with Gasteiger partial charge in [-0.05, 0) is 48.1 Å². The topological polar surface area (TPSA) is 88.1 Å². The van der Waals surface area contributed by atoms with Gasteiger partial charge in [0.25, 0.3) is 5.91 Å². The lowest BCUT2D eigenvalue weighted by molar-refractivity contribution is -0.132. The molecule has 0 spiro atoms. The molecule has 33 heavy (non-hydrogen) atoms. The second kappa shape index (κ2) is 10.1. The van der Waals surface area contributed by atoms with Gasteiger partial charge in [0.15, 0.2) is 11.5 Å². The molecule has 3 rings (SSSR count). The van der Waals surface area contributed by atoms with Gasteiger partial charge < -0.3 is 19.9 Å². The van der Waals surface area contributed by atoms with E-state index in [0.717, 1.165) is 16.0 Å². The molecule has 1 saturated heterocycles. The maximum absolute atomic E-state index is 13.1. The predicted molar refractivity (Wildman–Crippen MR) is 127 cm³/mol. The number of aliphatic hydroxyl groups excluding tert-OH is 1. The number of carbonyl (C=O) groups is 2. The van der Waals surface area contributed by atoms with Crippen molar-refractivity contribution in [3.8, 4) is 11.5 Å². The van der Waals surface area contributed by atoms with Crippen LogP contribution in [-0.2, 0) is 16.8 Å². The number of nitrogens with one attached hydrogen (secondary N) is 1. The van der Waals surface area contributed by atoms with Crippen LogP contribution in [0, 0.1) is 0 Å². The molecule has 2 N–H and O–H groups in total. The Morgan fingerprint density at radius 2 is 1.85 bits per heavy atom. The summed E-state index contributed by atoms with van der Waals surface area (Å²) in [4.78, 5) is 26.7. The SMILES string of the molecule is C=CCc1ccc(OCC(O)CN2C(=O)NC(C)(c3ccc(C(C)C)cc3)C2=O)c(OC)c1. The van der Waals surface area contributed by atoms with E-state index in [-0.39, 0.29) is 13.2 Å². The summed E-state index contributed by atoms with van der Waals surface area (Å²) in [6.07, 6.45) is 1.43. The molecule has 2 aromatic carbocycles. The third kappa shape index (κ3) is 5.20. The van der Waals surface area contributed by atoms with Gasteiger partial charge in [-0.3, -0.25) is 9.69 Å². The highest BCUT2D eigenvalue weighted by molar-refractivity contribution is 6.07. The van der Waals surface area contributed by atoms with Crippen LogP contribution in [-0.4, -0.2) is 48.3 Å². The number of hydrogen-bond acceptors (Lipinski definition) is 5. The third-order valence-corrected chi connectivity index (χ3v) is 5.86. The fourth-order valence-electron chi connectivity index (χ4n) is 3.83. The molecule has 2 atom stereocenters. The standard InChI is InChI=1S/C26H32N2O5/c1-6-7-18-8-13-22(23(14-18)32-5)33-16-21(29)15-28-24(30)26(4,27-25(28)31)20-11-9-19(10-12-20)17(2)3/h6,8-14,17,21,29H,1,7,15-16H2,2-5H3,(H,27,31). The maximum atomic E-state index is 13.1. The highest BCUT2D eigenvalue weighted by Gasteiger charge is 2.49. The molecule has 7 nitrogen and oxygen atoms in total. The minimum Gasteiger partial charge on any atom is -0.493 e. The summed E-state index contributed by atoms with van der Waals surface area (Å²) in [6.45, 7) is 9.30. The van der Waals surface area contributed by atoms with Gasteiger partial charge in [0.1, 0.15) is 18.2 Å². The zero-order valence-electron chi connectivity index (χ0n) is 19.6. The number of nitrogens with zero attached hydrogens (tertiary/aromatic N) is 1. The number of ether oxygens (including phenoxy) is 2. The molecule has 2 unspecified atom stereocenters. The van der Waals surface area contributed by atoms with Crippen molar-refractivity contribution in [3.63, 3.8) is 0 Å². The summed E-state index contributed by atoms with van der Waals surface area (Å²) in [5.74, 6) is 0.963. The summed E-state index contributed by atoms with van der Waals surface area (Å²) in [5, 5.41) is 13.3. The van der Waals surface area contributed by atoms with Gasteiger partial charge in [0, 0.05) is 0 Å². The first-order valence-electron chi connectivity index (χ1n) is 11.0. The molecule has 0 bridgehead atoms. The second-order valence-electron chi connectivity index (χ2n) is 8.69. The van der Waals surface area contributed by atoms with E-state index in [1.54, 1.807) is 19.1 Å². The molecular weight excluding hydrogens is 420 g/mol. The van der Waals surface area contributed by atoms with Crippen LogP contribution in [0.15, 0.2) is 55.1 Å².